The van der Waals surface area contributed by atoms with Gasteiger partial charge in [0.05, 0.1) is 43.1 Å². The van der Waals surface area contributed by atoms with Gasteiger partial charge in [-0.15, -0.1) is 0 Å². The number of carbonyl (C=O) groups is 4. The molecular weight excluding hydrogens is 733 g/mol. The number of hydrogen-bond acceptors (Lipinski definition) is 9. The van der Waals surface area contributed by atoms with Crippen LogP contribution in [-0.2, 0) is 31.1 Å². The highest BCUT2D eigenvalue weighted by Crippen LogP contribution is 2.66. The summed E-state index contributed by atoms with van der Waals surface area (Å²) in [6.07, 6.45) is 3.83. The van der Waals surface area contributed by atoms with E-state index >= 15 is 9.59 Å². The minimum Gasteiger partial charge on any atom is -0.507 e. The number of likely N-dealkylation sites (tertiary alicyclic amines) is 2. The number of hydrogen-bond donors (Lipinski definition) is 2. The van der Waals surface area contributed by atoms with Gasteiger partial charge in [-0.2, -0.15) is 5.01 Å². The molecule has 11 heteroatoms. The van der Waals surface area contributed by atoms with Crippen LogP contribution >= 0.6 is 0 Å². The molecule has 3 heterocycles. The molecule has 5 aliphatic rings. The van der Waals surface area contributed by atoms with E-state index in [0.29, 0.717) is 41.8 Å². The molecule has 6 unspecified atom stereocenters. The van der Waals surface area contributed by atoms with Gasteiger partial charge in [0.15, 0.2) is 0 Å². The monoisotopic (exact) mass is 780 g/mol. The van der Waals surface area contributed by atoms with E-state index in [2.05, 4.69) is 22.5 Å². The number of benzene rings is 4. The number of phenolic OH excluding ortho intramolecular Hbond substituents is 1. The van der Waals surface area contributed by atoms with Crippen molar-refractivity contribution in [3.05, 3.63) is 131 Å². The van der Waals surface area contributed by atoms with Crippen LogP contribution in [-0.4, -0.2) is 76.9 Å². The molecule has 9 rings (SSSR count). The van der Waals surface area contributed by atoms with Crippen molar-refractivity contribution < 1.29 is 33.8 Å². The van der Waals surface area contributed by atoms with Crippen LogP contribution in [0.25, 0.3) is 0 Å². The fraction of sp³-hybridized carbons (Fsp3) is 0.362. The van der Waals surface area contributed by atoms with E-state index in [1.165, 1.54) is 25.8 Å². The SMILES string of the molecule is COc1cc(O)c(C2C3=CCC4C(=O)N(C5CCN(Cc6ccccc6)CC5)C(=O)C4C3CC3C(=O)N(Nc4ccc(C)cc4)C(=O)C32c2ccccc2)c(OC)c1. The van der Waals surface area contributed by atoms with E-state index in [-0.39, 0.29) is 35.8 Å². The zero-order valence-corrected chi connectivity index (χ0v) is 33.0. The van der Waals surface area contributed by atoms with Gasteiger partial charge >= 0.3 is 0 Å². The summed E-state index contributed by atoms with van der Waals surface area (Å²) in [4.78, 5) is 63.8. The van der Waals surface area contributed by atoms with E-state index in [0.717, 1.165) is 35.8 Å². The quantitative estimate of drug-likeness (QED) is 0.147. The van der Waals surface area contributed by atoms with Crippen molar-refractivity contribution in [2.24, 2.45) is 23.7 Å². The molecule has 4 aromatic rings. The van der Waals surface area contributed by atoms with Crippen molar-refractivity contribution in [2.75, 3.05) is 32.7 Å². The molecule has 298 valence electrons. The van der Waals surface area contributed by atoms with Crippen LogP contribution in [0.15, 0.2) is 109 Å². The third-order valence-electron chi connectivity index (χ3n) is 13.4. The summed E-state index contributed by atoms with van der Waals surface area (Å²) in [5, 5.41) is 13.1. The normalized spacial score (nSPS) is 27.2. The molecule has 4 amide bonds. The molecule has 0 bridgehead atoms. The number of methoxy groups -OCH3 is 2. The minimum atomic E-state index is -1.55. The number of nitrogens with one attached hydrogen (secondary N) is 1. The zero-order chi connectivity index (χ0) is 40.3. The molecule has 58 heavy (non-hydrogen) atoms. The molecule has 0 spiro atoms. The predicted octanol–water partition coefficient (Wildman–Crippen LogP) is 6.37. The zero-order valence-electron chi connectivity index (χ0n) is 33.0. The highest BCUT2D eigenvalue weighted by molar-refractivity contribution is 6.13. The lowest BCUT2D eigenvalue weighted by molar-refractivity contribution is -0.144. The van der Waals surface area contributed by atoms with Crippen LogP contribution in [0.3, 0.4) is 0 Å². The van der Waals surface area contributed by atoms with E-state index in [4.69, 9.17) is 9.47 Å². The Morgan fingerprint density at radius 1 is 0.810 bits per heavy atom. The number of amides is 4. The maximum absolute atomic E-state index is 15.5. The first-order chi connectivity index (χ1) is 28.1. The number of carbonyl (C=O) groups excluding carboxylic acids is 4. The number of allylic oxidation sites excluding steroid dienone is 2. The van der Waals surface area contributed by atoms with Gasteiger partial charge < -0.3 is 14.6 Å². The number of fused-ring (bicyclic) bond motifs is 4. The van der Waals surface area contributed by atoms with Gasteiger partial charge in [0, 0.05) is 49.3 Å². The Kier molecular flexibility index (Phi) is 9.59. The number of anilines is 1. The second kappa shape index (κ2) is 14.8. The van der Waals surface area contributed by atoms with Gasteiger partial charge in [-0.3, -0.25) is 34.4 Å². The fourth-order valence-corrected chi connectivity index (χ4v) is 10.8. The Bertz CT molecular complexity index is 2290. The molecule has 6 atom stereocenters. The number of aryl methyl sites for hydroxylation is 1. The lowest BCUT2D eigenvalue weighted by atomic mass is 9.49. The number of rotatable bonds is 9. The van der Waals surface area contributed by atoms with Crippen molar-refractivity contribution in [3.8, 4) is 17.2 Å². The predicted molar refractivity (Wildman–Crippen MR) is 217 cm³/mol. The van der Waals surface area contributed by atoms with Crippen molar-refractivity contribution in [1.82, 2.24) is 14.8 Å². The molecule has 4 aromatic carbocycles. The van der Waals surface area contributed by atoms with Crippen LogP contribution in [0.5, 0.6) is 17.2 Å². The maximum Gasteiger partial charge on any atom is 0.260 e. The molecule has 3 saturated heterocycles. The summed E-state index contributed by atoms with van der Waals surface area (Å²) >= 11 is 0. The standard InChI is InChI=1S/C47H48N4O7/c1-28-14-16-31(17-15-28)48-51-44(54)37-26-36-34(42(41-38(52)24-33(57-2)25-39(41)58-3)47(37,46(51)56)30-12-8-5-9-13-30)18-19-35-40(36)45(55)50(43(35)53)32-20-22-49(23-21-32)27-29-10-6-4-7-11-29/h4-18,24-25,32,35-37,40,42,48,52H,19-23,26-27H2,1-3H3. The Hall–Kier alpha value is -5.94. The van der Waals surface area contributed by atoms with Crippen LogP contribution in [0.4, 0.5) is 5.69 Å². The topological polar surface area (TPSA) is 129 Å². The van der Waals surface area contributed by atoms with Crippen molar-refractivity contribution in [2.45, 2.75) is 56.5 Å². The number of ether oxygens (including phenoxy) is 2. The minimum absolute atomic E-state index is 0.162. The molecule has 11 nitrogen and oxygen atoms in total. The van der Waals surface area contributed by atoms with Crippen LogP contribution < -0.4 is 14.9 Å². The number of phenols is 1. The van der Waals surface area contributed by atoms with E-state index in [1.807, 2.05) is 85.8 Å². The van der Waals surface area contributed by atoms with Gasteiger partial charge in [0.2, 0.25) is 11.8 Å². The highest BCUT2D eigenvalue weighted by Gasteiger charge is 2.71. The van der Waals surface area contributed by atoms with Crippen LogP contribution in [0, 0.1) is 30.6 Å². The second-order valence-electron chi connectivity index (χ2n) is 16.4. The second-order valence-corrected chi connectivity index (χ2v) is 16.4. The number of imide groups is 2. The summed E-state index contributed by atoms with van der Waals surface area (Å²) in [6.45, 7) is 4.30. The summed E-state index contributed by atoms with van der Waals surface area (Å²) in [7, 11) is 2.98. The van der Waals surface area contributed by atoms with Crippen molar-refractivity contribution in [3.63, 3.8) is 0 Å². The summed E-state index contributed by atoms with van der Waals surface area (Å²) < 4.78 is 11.5. The molecule has 1 saturated carbocycles. The largest absolute Gasteiger partial charge is 0.507 e. The molecule has 0 aromatic heterocycles. The summed E-state index contributed by atoms with van der Waals surface area (Å²) in [5.74, 6) is -4.60. The van der Waals surface area contributed by atoms with E-state index in [9.17, 15) is 14.7 Å². The average Bonchev–Trinajstić information content (AvgIpc) is 3.63. The number of hydrazine groups is 1. The van der Waals surface area contributed by atoms with Crippen molar-refractivity contribution in [1.29, 1.82) is 0 Å². The first-order valence-electron chi connectivity index (χ1n) is 20.2. The third kappa shape index (κ3) is 5.89. The van der Waals surface area contributed by atoms with Gasteiger partial charge in [0.25, 0.3) is 11.8 Å². The van der Waals surface area contributed by atoms with Crippen molar-refractivity contribution >= 4 is 29.3 Å². The first kappa shape index (κ1) is 37.6. The lowest BCUT2D eigenvalue weighted by Crippen LogP contribution is -2.53. The average molecular weight is 781 g/mol. The van der Waals surface area contributed by atoms with E-state index < -0.39 is 46.8 Å². The molecule has 2 N–H and O–H groups in total. The maximum atomic E-state index is 15.5. The number of aromatic hydroxyl groups is 1. The molecule has 3 aliphatic heterocycles. The molecule has 0 radical (unpaired) electrons. The Labute approximate surface area is 338 Å². The van der Waals surface area contributed by atoms with Crippen LogP contribution in [0.2, 0.25) is 0 Å². The molecule has 2 aliphatic carbocycles. The molecular formula is C47H48N4O7. The van der Waals surface area contributed by atoms with Gasteiger partial charge in [-0.1, -0.05) is 90.0 Å². The molecule has 4 fully saturated rings. The Morgan fingerprint density at radius 3 is 2.17 bits per heavy atom. The summed E-state index contributed by atoms with van der Waals surface area (Å²) in [6, 6.07) is 29.9. The first-order valence-corrected chi connectivity index (χ1v) is 20.2. The van der Waals surface area contributed by atoms with Gasteiger partial charge in [-0.05, 0) is 61.8 Å². The summed E-state index contributed by atoms with van der Waals surface area (Å²) in [5.41, 5.74) is 6.07. The fourth-order valence-electron chi connectivity index (χ4n) is 10.8. The number of piperidine rings is 1. The Morgan fingerprint density at radius 2 is 1.50 bits per heavy atom. The lowest BCUT2D eigenvalue weighted by Gasteiger charge is -2.50. The number of nitrogens with zero attached hydrogens (tertiary/aromatic N) is 3. The highest BCUT2D eigenvalue weighted by atomic mass is 16.5. The smallest absolute Gasteiger partial charge is 0.260 e. The Balaban J connectivity index is 1.14. The van der Waals surface area contributed by atoms with E-state index in [1.54, 1.807) is 11.0 Å². The van der Waals surface area contributed by atoms with Gasteiger partial charge in [-0.25, -0.2) is 0 Å². The van der Waals surface area contributed by atoms with Gasteiger partial charge in [0.1, 0.15) is 17.2 Å². The third-order valence-corrected chi connectivity index (χ3v) is 13.4. The van der Waals surface area contributed by atoms with Crippen LogP contribution in [0.1, 0.15) is 53.9 Å².